The van der Waals surface area contributed by atoms with E-state index in [-0.39, 0.29) is 5.91 Å². The lowest BCUT2D eigenvalue weighted by Crippen LogP contribution is -2.24. The topological polar surface area (TPSA) is 64.4 Å². The van der Waals surface area contributed by atoms with E-state index in [0.29, 0.717) is 24.8 Å². The van der Waals surface area contributed by atoms with Gasteiger partial charge in [0.1, 0.15) is 5.58 Å². The molecule has 2 heterocycles. The fraction of sp³-hybridized carbons (Fsp3) is 0.333. The van der Waals surface area contributed by atoms with Crippen molar-refractivity contribution in [3.63, 3.8) is 0 Å². The molecule has 0 radical (unpaired) electrons. The number of hydrogen-bond donors (Lipinski definition) is 1. The fourth-order valence-electron chi connectivity index (χ4n) is 2.85. The molecule has 2 aromatic heterocycles. The van der Waals surface area contributed by atoms with Crippen LogP contribution in [0.3, 0.4) is 0 Å². The van der Waals surface area contributed by atoms with Gasteiger partial charge in [0, 0.05) is 29.8 Å². The van der Waals surface area contributed by atoms with Crippen LogP contribution in [0.4, 0.5) is 0 Å². The Balaban J connectivity index is 1.30. The Kier molecular flexibility index (Phi) is 4.61. The minimum Gasteiger partial charge on any atom is -0.477 e. The third kappa shape index (κ3) is 4.04. The van der Waals surface area contributed by atoms with E-state index in [1.165, 1.54) is 12.8 Å². The fourth-order valence-corrected chi connectivity index (χ4v) is 2.85. The molecular weight excluding hydrogens is 328 g/mol. The van der Waals surface area contributed by atoms with E-state index in [0.717, 1.165) is 34.3 Å². The number of aromatic nitrogens is 1. The van der Waals surface area contributed by atoms with Crippen molar-refractivity contribution in [1.82, 2.24) is 10.3 Å². The van der Waals surface area contributed by atoms with Crippen molar-refractivity contribution in [3.05, 3.63) is 59.5 Å². The molecule has 1 N–H and O–H groups in total. The van der Waals surface area contributed by atoms with E-state index >= 15 is 0 Å². The first-order chi connectivity index (χ1) is 12.7. The molecule has 5 nitrogen and oxygen atoms in total. The van der Waals surface area contributed by atoms with E-state index in [4.69, 9.17) is 9.15 Å². The molecule has 1 saturated carbocycles. The summed E-state index contributed by atoms with van der Waals surface area (Å²) < 4.78 is 11.2. The molecule has 0 aliphatic heterocycles. The van der Waals surface area contributed by atoms with Crippen LogP contribution >= 0.6 is 0 Å². The Hall–Kier alpha value is -2.82. The first kappa shape index (κ1) is 16.6. The molecule has 1 amide bonds. The van der Waals surface area contributed by atoms with Crippen molar-refractivity contribution in [2.75, 3.05) is 6.61 Å². The molecule has 1 aliphatic rings. The normalized spacial score (nSPS) is 13.7. The monoisotopic (exact) mass is 350 g/mol. The quantitative estimate of drug-likeness (QED) is 0.704. The predicted octanol–water partition coefficient (Wildman–Crippen LogP) is 3.78. The van der Waals surface area contributed by atoms with Gasteiger partial charge in [-0.1, -0.05) is 18.2 Å². The minimum atomic E-state index is -0.0395. The summed E-state index contributed by atoms with van der Waals surface area (Å²) in [4.78, 5) is 16.5. The van der Waals surface area contributed by atoms with E-state index in [2.05, 4.69) is 10.3 Å². The number of hydrogen-bond acceptors (Lipinski definition) is 4. The molecule has 4 rings (SSSR count). The van der Waals surface area contributed by atoms with Crippen LogP contribution in [0, 0.1) is 12.8 Å². The third-order valence-electron chi connectivity index (χ3n) is 4.61. The number of aryl methyl sites for hydroxylation is 1. The molecule has 0 saturated heterocycles. The lowest BCUT2D eigenvalue weighted by Gasteiger charge is -2.07. The number of nitrogens with zero attached hydrogens (tertiary/aromatic N) is 1. The zero-order valence-electron chi connectivity index (χ0n) is 14.8. The lowest BCUT2D eigenvalue weighted by atomic mass is 10.1. The van der Waals surface area contributed by atoms with E-state index in [1.54, 1.807) is 12.5 Å². The molecule has 134 valence electrons. The number of carbonyl (C=O) groups is 1. The zero-order valence-corrected chi connectivity index (χ0v) is 14.8. The standard InChI is InChI=1S/C21H22N2O3/c1-14-2-6-18-17(13-25-19(18)8-14)9-20(24)22-10-16-5-7-21(23-11-16)26-12-15-3-4-15/h2,5-8,11,13,15H,3-4,9-10,12H2,1H3,(H,22,24). The van der Waals surface area contributed by atoms with Gasteiger partial charge in [0.2, 0.25) is 11.8 Å². The summed E-state index contributed by atoms with van der Waals surface area (Å²) in [7, 11) is 0. The van der Waals surface area contributed by atoms with Crippen molar-refractivity contribution in [2.24, 2.45) is 5.92 Å². The van der Waals surface area contributed by atoms with Gasteiger partial charge in [-0.25, -0.2) is 4.98 Å². The predicted molar refractivity (Wildman–Crippen MR) is 99.0 cm³/mol. The number of carbonyl (C=O) groups excluding carboxylic acids is 1. The molecular formula is C21H22N2O3. The van der Waals surface area contributed by atoms with Crippen LogP contribution in [0.1, 0.15) is 29.5 Å². The van der Waals surface area contributed by atoms with Gasteiger partial charge in [-0.05, 0) is 42.9 Å². The summed E-state index contributed by atoms with van der Waals surface area (Å²) in [5.74, 6) is 1.31. The van der Waals surface area contributed by atoms with Crippen molar-refractivity contribution in [2.45, 2.75) is 32.7 Å². The van der Waals surface area contributed by atoms with Gasteiger partial charge >= 0.3 is 0 Å². The second-order valence-electron chi connectivity index (χ2n) is 6.97. The number of fused-ring (bicyclic) bond motifs is 1. The lowest BCUT2D eigenvalue weighted by molar-refractivity contribution is -0.120. The van der Waals surface area contributed by atoms with Gasteiger partial charge in [0.25, 0.3) is 0 Å². The summed E-state index contributed by atoms with van der Waals surface area (Å²) in [6, 6.07) is 9.80. The zero-order chi connectivity index (χ0) is 17.9. The maximum atomic E-state index is 12.2. The molecule has 5 heteroatoms. The molecule has 1 fully saturated rings. The number of benzene rings is 1. The van der Waals surface area contributed by atoms with Crippen LogP contribution in [0.5, 0.6) is 5.88 Å². The van der Waals surface area contributed by atoms with E-state index < -0.39 is 0 Å². The first-order valence-corrected chi connectivity index (χ1v) is 8.98. The largest absolute Gasteiger partial charge is 0.477 e. The minimum absolute atomic E-state index is 0.0395. The smallest absolute Gasteiger partial charge is 0.224 e. The van der Waals surface area contributed by atoms with Crippen LogP contribution in [0.15, 0.2) is 47.2 Å². The van der Waals surface area contributed by atoms with Crippen molar-refractivity contribution < 1.29 is 13.9 Å². The molecule has 0 atom stereocenters. The highest BCUT2D eigenvalue weighted by atomic mass is 16.5. The second kappa shape index (κ2) is 7.20. The van der Waals surface area contributed by atoms with E-state index in [9.17, 15) is 4.79 Å². The van der Waals surface area contributed by atoms with Crippen LogP contribution in [0.2, 0.25) is 0 Å². The SMILES string of the molecule is Cc1ccc2c(CC(=O)NCc3ccc(OCC4CC4)nc3)coc2c1. The summed E-state index contributed by atoms with van der Waals surface area (Å²) in [6.45, 7) is 3.22. The molecule has 0 unspecified atom stereocenters. The molecule has 26 heavy (non-hydrogen) atoms. The molecule has 3 aromatic rings. The van der Waals surface area contributed by atoms with Gasteiger partial charge in [-0.15, -0.1) is 0 Å². The Labute approximate surface area is 152 Å². The number of rotatable bonds is 7. The van der Waals surface area contributed by atoms with Crippen molar-refractivity contribution in [1.29, 1.82) is 0 Å². The number of pyridine rings is 1. The molecule has 1 aliphatic carbocycles. The Bertz CT molecular complexity index is 911. The number of nitrogens with one attached hydrogen (secondary N) is 1. The summed E-state index contributed by atoms with van der Waals surface area (Å²) >= 11 is 0. The summed E-state index contributed by atoms with van der Waals surface area (Å²) in [5, 5.41) is 3.92. The van der Waals surface area contributed by atoms with Crippen LogP contribution in [-0.4, -0.2) is 17.5 Å². The highest BCUT2D eigenvalue weighted by molar-refractivity contribution is 5.87. The Morgan fingerprint density at radius 3 is 2.96 bits per heavy atom. The highest BCUT2D eigenvalue weighted by Crippen LogP contribution is 2.29. The first-order valence-electron chi connectivity index (χ1n) is 8.98. The summed E-state index contributed by atoms with van der Waals surface area (Å²) in [5.41, 5.74) is 3.81. The third-order valence-corrected chi connectivity index (χ3v) is 4.61. The molecule has 1 aromatic carbocycles. The van der Waals surface area contributed by atoms with Crippen molar-refractivity contribution >= 4 is 16.9 Å². The number of ether oxygens (including phenoxy) is 1. The maximum Gasteiger partial charge on any atom is 0.224 e. The molecule has 0 bridgehead atoms. The Morgan fingerprint density at radius 1 is 1.31 bits per heavy atom. The van der Waals surface area contributed by atoms with Crippen LogP contribution in [0.25, 0.3) is 11.0 Å². The summed E-state index contributed by atoms with van der Waals surface area (Å²) in [6.07, 6.45) is 6.23. The maximum absolute atomic E-state index is 12.2. The van der Waals surface area contributed by atoms with Gasteiger partial charge in [0.05, 0.1) is 19.3 Å². The van der Waals surface area contributed by atoms with Gasteiger partial charge < -0.3 is 14.5 Å². The van der Waals surface area contributed by atoms with Gasteiger partial charge in [0.15, 0.2) is 0 Å². The van der Waals surface area contributed by atoms with Crippen LogP contribution < -0.4 is 10.1 Å². The van der Waals surface area contributed by atoms with E-state index in [1.807, 2.05) is 37.3 Å². The average molecular weight is 350 g/mol. The Morgan fingerprint density at radius 2 is 2.19 bits per heavy atom. The van der Waals surface area contributed by atoms with Crippen molar-refractivity contribution in [3.8, 4) is 5.88 Å². The van der Waals surface area contributed by atoms with Crippen LogP contribution in [-0.2, 0) is 17.8 Å². The number of furan rings is 1. The second-order valence-corrected chi connectivity index (χ2v) is 6.97. The highest BCUT2D eigenvalue weighted by Gasteiger charge is 2.22. The van der Waals surface area contributed by atoms with Gasteiger partial charge in [-0.3, -0.25) is 4.79 Å². The van der Waals surface area contributed by atoms with Gasteiger partial charge in [-0.2, -0.15) is 0 Å². The molecule has 0 spiro atoms. The average Bonchev–Trinajstić information content (AvgIpc) is 3.40. The number of amides is 1.